The Balaban J connectivity index is 1.22. The third-order valence-electron chi connectivity index (χ3n) is 7.93. The Hall–Kier alpha value is -4.49. The first kappa shape index (κ1) is 26.1. The molecule has 0 radical (unpaired) electrons. The number of piperazine rings is 1. The SMILES string of the molecule is Cc1cc(C)c(C(=O)N2CCN(c3ccccc3C#N)CC2)cc1NC1CCN(c2cccc(C#N)c2)CC1. The van der Waals surface area contributed by atoms with Crippen LogP contribution >= 0.6 is 0 Å². The van der Waals surface area contributed by atoms with Crippen LogP contribution in [0.25, 0.3) is 0 Å². The van der Waals surface area contributed by atoms with Gasteiger partial charge in [0.05, 0.1) is 22.9 Å². The summed E-state index contributed by atoms with van der Waals surface area (Å²) >= 11 is 0. The topological polar surface area (TPSA) is 86.4 Å². The Labute approximate surface area is 230 Å². The normalized spacial score (nSPS) is 15.9. The van der Waals surface area contributed by atoms with Gasteiger partial charge in [-0.05, 0) is 74.2 Å². The Kier molecular flexibility index (Phi) is 7.70. The minimum atomic E-state index is 0.0657. The molecule has 1 N–H and O–H groups in total. The number of nitriles is 2. The molecule has 2 saturated heterocycles. The summed E-state index contributed by atoms with van der Waals surface area (Å²) in [5.41, 5.74) is 7.31. The lowest BCUT2D eigenvalue weighted by Gasteiger charge is -2.37. The van der Waals surface area contributed by atoms with Gasteiger partial charge >= 0.3 is 0 Å². The molecule has 0 aliphatic carbocycles. The van der Waals surface area contributed by atoms with Gasteiger partial charge in [0.2, 0.25) is 0 Å². The number of amides is 1. The smallest absolute Gasteiger partial charge is 0.254 e. The lowest BCUT2D eigenvalue weighted by molar-refractivity contribution is 0.0746. The van der Waals surface area contributed by atoms with Crippen molar-refractivity contribution in [3.05, 3.63) is 88.5 Å². The number of aryl methyl sites for hydroxylation is 2. The average molecular weight is 519 g/mol. The van der Waals surface area contributed by atoms with Gasteiger partial charge in [-0.25, -0.2) is 0 Å². The van der Waals surface area contributed by atoms with E-state index < -0.39 is 0 Å². The number of rotatable bonds is 5. The molecule has 5 rings (SSSR count). The Morgan fingerprint density at radius 2 is 1.56 bits per heavy atom. The van der Waals surface area contributed by atoms with E-state index in [2.05, 4.69) is 46.3 Å². The first-order valence-electron chi connectivity index (χ1n) is 13.6. The summed E-state index contributed by atoms with van der Waals surface area (Å²) in [6, 6.07) is 24.4. The van der Waals surface area contributed by atoms with E-state index in [-0.39, 0.29) is 5.91 Å². The minimum absolute atomic E-state index is 0.0657. The molecule has 0 saturated carbocycles. The Bertz CT molecular complexity index is 1440. The van der Waals surface area contributed by atoms with E-state index in [1.807, 2.05) is 60.4 Å². The molecule has 0 aromatic heterocycles. The third kappa shape index (κ3) is 5.68. The largest absolute Gasteiger partial charge is 0.382 e. The molecular weight excluding hydrogens is 484 g/mol. The van der Waals surface area contributed by atoms with Gasteiger partial charge in [-0.1, -0.05) is 24.3 Å². The highest BCUT2D eigenvalue weighted by molar-refractivity contribution is 5.97. The highest BCUT2D eigenvalue weighted by Crippen LogP contribution is 2.28. The average Bonchev–Trinajstić information content (AvgIpc) is 2.98. The van der Waals surface area contributed by atoms with Crippen LogP contribution in [-0.2, 0) is 0 Å². The molecule has 198 valence electrons. The number of piperidine rings is 1. The molecule has 7 heteroatoms. The maximum Gasteiger partial charge on any atom is 0.254 e. The van der Waals surface area contributed by atoms with Gasteiger partial charge in [-0.3, -0.25) is 4.79 Å². The van der Waals surface area contributed by atoms with Crippen LogP contribution in [0.15, 0.2) is 60.7 Å². The zero-order valence-electron chi connectivity index (χ0n) is 22.7. The number of nitrogens with one attached hydrogen (secondary N) is 1. The van der Waals surface area contributed by atoms with Crippen LogP contribution < -0.4 is 15.1 Å². The van der Waals surface area contributed by atoms with Gasteiger partial charge in [0, 0.05) is 62.2 Å². The predicted molar refractivity (Wildman–Crippen MR) is 155 cm³/mol. The lowest BCUT2D eigenvalue weighted by Crippen LogP contribution is -2.49. The molecule has 0 unspecified atom stereocenters. The molecule has 3 aromatic carbocycles. The molecule has 2 fully saturated rings. The van der Waals surface area contributed by atoms with Crippen molar-refractivity contribution in [3.63, 3.8) is 0 Å². The van der Waals surface area contributed by atoms with Crippen LogP contribution in [0.3, 0.4) is 0 Å². The van der Waals surface area contributed by atoms with Gasteiger partial charge in [-0.15, -0.1) is 0 Å². The Morgan fingerprint density at radius 3 is 2.28 bits per heavy atom. The number of hydrogen-bond acceptors (Lipinski definition) is 6. The van der Waals surface area contributed by atoms with Crippen molar-refractivity contribution in [2.45, 2.75) is 32.7 Å². The van der Waals surface area contributed by atoms with E-state index in [1.165, 1.54) is 0 Å². The summed E-state index contributed by atoms with van der Waals surface area (Å²) in [6.07, 6.45) is 1.97. The van der Waals surface area contributed by atoms with Crippen molar-refractivity contribution in [2.24, 2.45) is 0 Å². The number of carbonyl (C=O) groups is 1. The number of nitrogens with zero attached hydrogens (tertiary/aromatic N) is 5. The first-order valence-corrected chi connectivity index (χ1v) is 13.6. The standard InChI is InChI=1S/C32H34N6O/c1-23-18-24(2)30(35-27-10-12-36(13-11-27)28-8-5-6-25(19-28)21-33)20-29(23)32(39)38-16-14-37(15-17-38)31-9-4-3-7-26(31)22-34/h3-9,18-20,27,35H,10-17H2,1-2H3. The van der Waals surface area contributed by atoms with Gasteiger partial charge < -0.3 is 20.0 Å². The van der Waals surface area contributed by atoms with Crippen LogP contribution in [0.4, 0.5) is 17.1 Å². The lowest BCUT2D eigenvalue weighted by atomic mass is 9.99. The van der Waals surface area contributed by atoms with E-state index in [0.29, 0.717) is 43.3 Å². The van der Waals surface area contributed by atoms with Gasteiger partial charge in [0.15, 0.2) is 0 Å². The second-order valence-electron chi connectivity index (χ2n) is 10.5. The molecule has 2 aliphatic rings. The molecule has 2 aliphatic heterocycles. The van der Waals surface area contributed by atoms with E-state index in [0.717, 1.165) is 59.7 Å². The number of carbonyl (C=O) groups excluding carboxylic acids is 1. The van der Waals surface area contributed by atoms with Crippen LogP contribution in [0.1, 0.15) is 45.5 Å². The molecule has 2 heterocycles. The number of para-hydroxylation sites is 1. The molecule has 0 spiro atoms. The van der Waals surface area contributed by atoms with Crippen molar-refractivity contribution in [2.75, 3.05) is 54.4 Å². The van der Waals surface area contributed by atoms with E-state index in [1.54, 1.807) is 0 Å². The van der Waals surface area contributed by atoms with Crippen LogP contribution in [0, 0.1) is 36.5 Å². The van der Waals surface area contributed by atoms with Crippen molar-refractivity contribution >= 4 is 23.0 Å². The molecule has 39 heavy (non-hydrogen) atoms. The van der Waals surface area contributed by atoms with Gasteiger partial charge in [0.25, 0.3) is 5.91 Å². The van der Waals surface area contributed by atoms with Gasteiger partial charge in [0.1, 0.15) is 6.07 Å². The zero-order valence-corrected chi connectivity index (χ0v) is 22.7. The Morgan fingerprint density at radius 1 is 0.821 bits per heavy atom. The molecule has 7 nitrogen and oxygen atoms in total. The monoisotopic (exact) mass is 518 g/mol. The highest BCUT2D eigenvalue weighted by atomic mass is 16.2. The van der Waals surface area contributed by atoms with Gasteiger partial charge in [-0.2, -0.15) is 10.5 Å². The summed E-state index contributed by atoms with van der Waals surface area (Å²) in [5.74, 6) is 0.0657. The molecule has 0 bridgehead atoms. The fourth-order valence-electron chi connectivity index (χ4n) is 5.68. The maximum absolute atomic E-state index is 13.6. The summed E-state index contributed by atoms with van der Waals surface area (Å²) in [7, 11) is 0. The van der Waals surface area contributed by atoms with Crippen molar-refractivity contribution in [1.29, 1.82) is 10.5 Å². The van der Waals surface area contributed by atoms with E-state index >= 15 is 0 Å². The van der Waals surface area contributed by atoms with E-state index in [9.17, 15) is 15.3 Å². The van der Waals surface area contributed by atoms with Crippen molar-refractivity contribution in [3.8, 4) is 12.1 Å². The number of anilines is 3. The van der Waals surface area contributed by atoms with Crippen molar-refractivity contribution in [1.82, 2.24) is 4.90 Å². The van der Waals surface area contributed by atoms with E-state index in [4.69, 9.17) is 0 Å². The second kappa shape index (κ2) is 11.5. The third-order valence-corrected chi connectivity index (χ3v) is 7.93. The van der Waals surface area contributed by atoms with Crippen molar-refractivity contribution < 1.29 is 4.79 Å². The van der Waals surface area contributed by atoms with Crippen LogP contribution in [0.5, 0.6) is 0 Å². The quantitative estimate of drug-likeness (QED) is 0.506. The molecule has 3 aromatic rings. The zero-order chi connectivity index (χ0) is 27.4. The number of benzene rings is 3. The van der Waals surface area contributed by atoms with Crippen LogP contribution in [0.2, 0.25) is 0 Å². The summed E-state index contributed by atoms with van der Waals surface area (Å²) in [6.45, 7) is 8.60. The highest BCUT2D eigenvalue weighted by Gasteiger charge is 2.26. The maximum atomic E-state index is 13.6. The number of hydrogen-bond donors (Lipinski definition) is 1. The predicted octanol–water partition coefficient (Wildman–Crippen LogP) is 5.09. The van der Waals surface area contributed by atoms with Crippen LogP contribution in [-0.4, -0.2) is 56.1 Å². The summed E-state index contributed by atoms with van der Waals surface area (Å²) < 4.78 is 0. The fraction of sp³-hybridized carbons (Fsp3) is 0.344. The second-order valence-corrected chi connectivity index (χ2v) is 10.5. The molecule has 0 atom stereocenters. The fourth-order valence-corrected chi connectivity index (χ4v) is 5.68. The summed E-state index contributed by atoms with van der Waals surface area (Å²) in [4.78, 5) is 20.1. The molecule has 1 amide bonds. The summed E-state index contributed by atoms with van der Waals surface area (Å²) in [5, 5.41) is 22.4. The first-order chi connectivity index (χ1) is 19.0. The minimum Gasteiger partial charge on any atom is -0.382 e. The molecular formula is C32H34N6O.